The van der Waals surface area contributed by atoms with Crippen molar-refractivity contribution in [3.63, 3.8) is 0 Å². The van der Waals surface area contributed by atoms with Crippen LogP contribution in [-0.4, -0.2) is 10.1 Å². The van der Waals surface area contributed by atoms with Crippen LogP contribution in [0.3, 0.4) is 0 Å². The van der Waals surface area contributed by atoms with Gasteiger partial charge in [-0.25, -0.2) is 4.39 Å². The van der Waals surface area contributed by atoms with Crippen molar-refractivity contribution in [2.45, 2.75) is 20.0 Å². The normalized spacial score (nSPS) is 12.5. The largest absolute Gasteiger partial charge is 0.383 e. The molecule has 17 heavy (non-hydrogen) atoms. The number of benzene rings is 1. The van der Waals surface area contributed by atoms with E-state index in [1.54, 1.807) is 24.3 Å². The van der Waals surface area contributed by atoms with Crippen molar-refractivity contribution < 1.29 is 9.50 Å². The van der Waals surface area contributed by atoms with Gasteiger partial charge >= 0.3 is 0 Å². The molecule has 0 radical (unpaired) electrons. The zero-order valence-corrected chi connectivity index (χ0v) is 9.81. The molecule has 2 aromatic rings. The Hall–Kier alpha value is -1.74. The van der Waals surface area contributed by atoms with Crippen LogP contribution in [-0.2, 0) is 0 Å². The molecule has 0 fully saturated rings. The van der Waals surface area contributed by atoms with Gasteiger partial charge < -0.3 is 5.11 Å². The molecule has 0 amide bonds. The second kappa shape index (κ2) is 4.63. The van der Waals surface area contributed by atoms with E-state index >= 15 is 0 Å². The minimum absolute atomic E-state index is 0.279. The number of pyridine rings is 1. The fourth-order valence-electron chi connectivity index (χ4n) is 1.85. The van der Waals surface area contributed by atoms with Gasteiger partial charge in [0.1, 0.15) is 11.9 Å². The first-order valence-corrected chi connectivity index (χ1v) is 5.46. The van der Waals surface area contributed by atoms with Crippen LogP contribution in [0.5, 0.6) is 0 Å². The topological polar surface area (TPSA) is 33.1 Å². The van der Waals surface area contributed by atoms with Gasteiger partial charge in [-0.05, 0) is 26.0 Å². The lowest BCUT2D eigenvalue weighted by molar-refractivity contribution is 0.213. The highest BCUT2D eigenvalue weighted by molar-refractivity contribution is 5.33. The molecule has 1 aromatic heterocycles. The minimum atomic E-state index is -0.968. The molecule has 0 saturated carbocycles. The number of nitrogens with zero attached hydrogens (tertiary/aromatic N) is 1. The summed E-state index contributed by atoms with van der Waals surface area (Å²) in [5.41, 5.74) is 2.52. The molecule has 0 spiro atoms. The summed E-state index contributed by atoms with van der Waals surface area (Å²) >= 11 is 0. The summed E-state index contributed by atoms with van der Waals surface area (Å²) < 4.78 is 13.6. The highest BCUT2D eigenvalue weighted by Gasteiger charge is 2.16. The SMILES string of the molecule is Cc1ccc(C(O)c2ccccc2F)c(C)n1. The summed E-state index contributed by atoms with van der Waals surface area (Å²) in [6.07, 6.45) is -0.968. The van der Waals surface area contributed by atoms with Crippen molar-refractivity contribution in [1.29, 1.82) is 0 Å². The molecule has 3 heteroatoms. The molecule has 0 aliphatic heterocycles. The number of aromatic nitrogens is 1. The lowest BCUT2D eigenvalue weighted by atomic mass is 10.00. The molecular weight excluding hydrogens is 217 g/mol. The molecule has 1 N–H and O–H groups in total. The standard InChI is InChI=1S/C14H14FNO/c1-9-7-8-11(10(2)16-9)14(17)12-5-3-4-6-13(12)15/h3-8,14,17H,1-2H3. The second-order valence-corrected chi connectivity index (χ2v) is 4.05. The summed E-state index contributed by atoms with van der Waals surface area (Å²) in [6, 6.07) is 9.83. The van der Waals surface area contributed by atoms with Crippen molar-refractivity contribution in [3.05, 3.63) is 64.7 Å². The van der Waals surface area contributed by atoms with Gasteiger partial charge in [-0.15, -0.1) is 0 Å². The van der Waals surface area contributed by atoms with Gasteiger partial charge in [0.15, 0.2) is 0 Å². The number of aliphatic hydroxyl groups excluding tert-OH is 1. The number of hydrogen-bond donors (Lipinski definition) is 1. The molecular formula is C14H14FNO. The first kappa shape index (κ1) is 11.7. The van der Waals surface area contributed by atoms with Crippen molar-refractivity contribution in [2.24, 2.45) is 0 Å². The van der Waals surface area contributed by atoms with Crippen LogP contribution in [0.15, 0.2) is 36.4 Å². The molecule has 2 rings (SSSR count). The molecule has 1 heterocycles. The Kier molecular flexibility index (Phi) is 3.20. The molecule has 1 unspecified atom stereocenters. The van der Waals surface area contributed by atoms with Crippen LogP contribution in [0, 0.1) is 19.7 Å². The molecule has 0 aliphatic carbocycles. The van der Waals surface area contributed by atoms with Gasteiger partial charge in [0, 0.05) is 22.5 Å². The van der Waals surface area contributed by atoms with E-state index in [-0.39, 0.29) is 5.56 Å². The van der Waals surface area contributed by atoms with E-state index in [9.17, 15) is 9.50 Å². The van der Waals surface area contributed by atoms with Crippen LogP contribution in [0.1, 0.15) is 28.6 Å². The summed E-state index contributed by atoms with van der Waals surface area (Å²) in [4.78, 5) is 4.27. The van der Waals surface area contributed by atoms with Gasteiger partial charge in [0.2, 0.25) is 0 Å². The molecule has 2 nitrogen and oxygen atoms in total. The third kappa shape index (κ3) is 2.34. The number of aryl methyl sites for hydroxylation is 2. The summed E-state index contributed by atoms with van der Waals surface area (Å²) in [5, 5.41) is 10.2. The third-order valence-electron chi connectivity index (χ3n) is 2.76. The highest BCUT2D eigenvalue weighted by Crippen LogP contribution is 2.25. The summed E-state index contributed by atoms with van der Waals surface area (Å²) in [7, 11) is 0. The van der Waals surface area contributed by atoms with Crippen LogP contribution in [0.2, 0.25) is 0 Å². The van der Waals surface area contributed by atoms with E-state index in [1.807, 2.05) is 19.9 Å². The van der Waals surface area contributed by atoms with Gasteiger partial charge in [0.05, 0.1) is 0 Å². The predicted octanol–water partition coefficient (Wildman–Crippen LogP) is 2.92. The first-order chi connectivity index (χ1) is 8.09. The maximum absolute atomic E-state index is 13.6. The average molecular weight is 231 g/mol. The molecule has 1 atom stereocenters. The minimum Gasteiger partial charge on any atom is -0.383 e. The second-order valence-electron chi connectivity index (χ2n) is 4.05. The smallest absolute Gasteiger partial charge is 0.129 e. The fourth-order valence-corrected chi connectivity index (χ4v) is 1.85. The Balaban J connectivity index is 2.44. The fraction of sp³-hybridized carbons (Fsp3) is 0.214. The zero-order valence-electron chi connectivity index (χ0n) is 9.81. The van der Waals surface area contributed by atoms with E-state index in [4.69, 9.17) is 0 Å². The Labute approximate surface area is 99.8 Å². The monoisotopic (exact) mass is 231 g/mol. The Morgan fingerprint density at radius 3 is 2.41 bits per heavy atom. The summed E-state index contributed by atoms with van der Waals surface area (Å²) in [6.45, 7) is 3.69. The quantitative estimate of drug-likeness (QED) is 0.862. The Bertz CT molecular complexity index is 539. The maximum atomic E-state index is 13.6. The van der Waals surface area contributed by atoms with Crippen LogP contribution >= 0.6 is 0 Å². The predicted molar refractivity (Wildman–Crippen MR) is 64.2 cm³/mol. The van der Waals surface area contributed by atoms with Crippen molar-refractivity contribution in [3.8, 4) is 0 Å². The van der Waals surface area contributed by atoms with E-state index in [0.717, 1.165) is 11.4 Å². The number of aliphatic hydroxyl groups is 1. The third-order valence-corrected chi connectivity index (χ3v) is 2.76. The van der Waals surface area contributed by atoms with Crippen LogP contribution in [0.25, 0.3) is 0 Å². The molecule has 0 aliphatic rings. The number of hydrogen-bond acceptors (Lipinski definition) is 2. The van der Waals surface area contributed by atoms with E-state index in [2.05, 4.69) is 4.98 Å². The molecule has 0 saturated heterocycles. The lowest BCUT2D eigenvalue weighted by Crippen LogP contribution is -2.06. The lowest BCUT2D eigenvalue weighted by Gasteiger charge is -2.14. The van der Waals surface area contributed by atoms with Gasteiger partial charge in [-0.2, -0.15) is 0 Å². The van der Waals surface area contributed by atoms with Crippen LogP contribution < -0.4 is 0 Å². The maximum Gasteiger partial charge on any atom is 0.129 e. The van der Waals surface area contributed by atoms with E-state index in [0.29, 0.717) is 5.56 Å². The van der Waals surface area contributed by atoms with Crippen LogP contribution in [0.4, 0.5) is 4.39 Å². The summed E-state index contributed by atoms with van der Waals surface area (Å²) in [5.74, 6) is -0.403. The Morgan fingerprint density at radius 2 is 1.76 bits per heavy atom. The van der Waals surface area contributed by atoms with Crippen molar-refractivity contribution >= 4 is 0 Å². The van der Waals surface area contributed by atoms with Gasteiger partial charge in [-0.1, -0.05) is 24.3 Å². The van der Waals surface area contributed by atoms with E-state index < -0.39 is 11.9 Å². The van der Waals surface area contributed by atoms with Gasteiger partial charge in [0.25, 0.3) is 0 Å². The number of halogens is 1. The van der Waals surface area contributed by atoms with E-state index in [1.165, 1.54) is 6.07 Å². The number of rotatable bonds is 2. The Morgan fingerprint density at radius 1 is 1.06 bits per heavy atom. The van der Waals surface area contributed by atoms with Crippen molar-refractivity contribution in [2.75, 3.05) is 0 Å². The molecule has 1 aromatic carbocycles. The average Bonchev–Trinajstić information content (AvgIpc) is 2.29. The highest BCUT2D eigenvalue weighted by atomic mass is 19.1. The van der Waals surface area contributed by atoms with Gasteiger partial charge in [-0.3, -0.25) is 4.98 Å². The molecule has 88 valence electrons. The van der Waals surface area contributed by atoms with Crippen molar-refractivity contribution in [1.82, 2.24) is 4.98 Å². The zero-order chi connectivity index (χ0) is 12.4. The molecule has 0 bridgehead atoms. The first-order valence-electron chi connectivity index (χ1n) is 5.46.